The number of nitrogens with one attached hydrogen (secondary N) is 1. The van der Waals surface area contributed by atoms with Gasteiger partial charge in [-0.05, 0) is 46.5 Å². The molecule has 0 bridgehead atoms. The first kappa shape index (κ1) is 16.5. The first-order valence-electron chi connectivity index (χ1n) is 7.96. The number of halogens is 1. The van der Waals surface area contributed by atoms with E-state index in [4.69, 9.17) is 0 Å². The molecule has 1 aliphatic rings. The Bertz CT molecular complexity index is 541. The molecule has 1 N–H and O–H groups in total. The van der Waals surface area contributed by atoms with Crippen LogP contribution >= 0.6 is 15.9 Å². The van der Waals surface area contributed by atoms with Crippen LogP contribution in [0.25, 0.3) is 0 Å². The Balaban J connectivity index is 2.15. The van der Waals surface area contributed by atoms with Gasteiger partial charge in [-0.15, -0.1) is 0 Å². The molecule has 0 aliphatic heterocycles. The van der Waals surface area contributed by atoms with Crippen molar-refractivity contribution in [3.05, 3.63) is 21.0 Å². The second-order valence-electron chi connectivity index (χ2n) is 6.61. The van der Waals surface area contributed by atoms with E-state index in [0.717, 1.165) is 11.6 Å². The van der Waals surface area contributed by atoms with Crippen LogP contribution < -0.4 is 10.9 Å². The average molecular weight is 356 g/mol. The van der Waals surface area contributed by atoms with E-state index >= 15 is 0 Å². The molecule has 1 aromatic rings. The Hall–Kier alpha value is -0.840. The van der Waals surface area contributed by atoms with Gasteiger partial charge in [0.25, 0.3) is 5.56 Å². The summed E-state index contributed by atoms with van der Waals surface area (Å²) in [6.45, 7) is 9.38. The molecule has 1 aromatic heterocycles. The normalized spacial score (nSPS) is 25.5. The number of aromatic nitrogens is 2. The van der Waals surface area contributed by atoms with Crippen molar-refractivity contribution in [1.29, 1.82) is 0 Å². The van der Waals surface area contributed by atoms with Crippen LogP contribution in [-0.4, -0.2) is 15.8 Å². The molecular formula is C16H26BrN3O. The lowest BCUT2D eigenvalue weighted by Gasteiger charge is -2.22. The van der Waals surface area contributed by atoms with E-state index in [-0.39, 0.29) is 5.56 Å². The SMILES string of the molecule is CCC1CCC(Nc2cnn(CC(C)C)c(=O)c2Br)C1C. The van der Waals surface area contributed by atoms with E-state index in [1.165, 1.54) is 23.9 Å². The number of hydrogen-bond donors (Lipinski definition) is 1. The second kappa shape index (κ2) is 6.95. The Morgan fingerprint density at radius 2 is 2.19 bits per heavy atom. The highest BCUT2D eigenvalue weighted by Gasteiger charge is 2.31. The molecule has 3 atom stereocenters. The molecular weight excluding hydrogens is 330 g/mol. The Labute approximate surface area is 135 Å². The number of rotatable bonds is 5. The highest BCUT2D eigenvalue weighted by atomic mass is 79.9. The largest absolute Gasteiger partial charge is 0.380 e. The topological polar surface area (TPSA) is 46.9 Å². The van der Waals surface area contributed by atoms with Crippen LogP contribution in [0, 0.1) is 17.8 Å². The summed E-state index contributed by atoms with van der Waals surface area (Å²) >= 11 is 3.44. The van der Waals surface area contributed by atoms with Crippen LogP contribution in [0.3, 0.4) is 0 Å². The van der Waals surface area contributed by atoms with Gasteiger partial charge >= 0.3 is 0 Å². The Kier molecular flexibility index (Phi) is 5.47. The molecule has 0 saturated heterocycles. The zero-order chi connectivity index (χ0) is 15.6. The zero-order valence-corrected chi connectivity index (χ0v) is 15.0. The van der Waals surface area contributed by atoms with Crippen LogP contribution in [0.1, 0.15) is 47.0 Å². The van der Waals surface area contributed by atoms with Crippen molar-refractivity contribution in [2.24, 2.45) is 17.8 Å². The lowest BCUT2D eigenvalue weighted by Crippen LogP contribution is -2.29. The minimum atomic E-state index is -0.0496. The van der Waals surface area contributed by atoms with Crippen LogP contribution in [0.2, 0.25) is 0 Å². The number of nitrogens with zero attached hydrogens (tertiary/aromatic N) is 2. The molecule has 3 unspecified atom stereocenters. The summed E-state index contributed by atoms with van der Waals surface area (Å²) in [5.41, 5.74) is 0.778. The van der Waals surface area contributed by atoms with E-state index < -0.39 is 0 Å². The zero-order valence-electron chi connectivity index (χ0n) is 13.4. The summed E-state index contributed by atoms with van der Waals surface area (Å²) < 4.78 is 2.14. The first-order chi connectivity index (χ1) is 9.93. The fraction of sp³-hybridized carbons (Fsp3) is 0.750. The summed E-state index contributed by atoms with van der Waals surface area (Å²) in [7, 11) is 0. The van der Waals surface area contributed by atoms with Gasteiger partial charge in [-0.3, -0.25) is 4.79 Å². The van der Waals surface area contributed by atoms with Crippen LogP contribution in [0.4, 0.5) is 5.69 Å². The molecule has 0 aromatic carbocycles. The van der Waals surface area contributed by atoms with Gasteiger partial charge in [0.15, 0.2) is 0 Å². The Morgan fingerprint density at radius 1 is 1.48 bits per heavy atom. The van der Waals surface area contributed by atoms with Gasteiger partial charge in [-0.1, -0.05) is 34.1 Å². The molecule has 1 heterocycles. The van der Waals surface area contributed by atoms with Crippen LogP contribution in [0.15, 0.2) is 15.5 Å². The summed E-state index contributed by atoms with van der Waals surface area (Å²) in [5, 5.41) is 7.82. The smallest absolute Gasteiger partial charge is 0.283 e. The summed E-state index contributed by atoms with van der Waals surface area (Å²) in [6.07, 6.45) is 5.45. The summed E-state index contributed by atoms with van der Waals surface area (Å²) in [5.74, 6) is 1.83. The molecule has 1 saturated carbocycles. The highest BCUT2D eigenvalue weighted by molar-refractivity contribution is 9.10. The van der Waals surface area contributed by atoms with Gasteiger partial charge in [-0.2, -0.15) is 5.10 Å². The van der Waals surface area contributed by atoms with Crippen LogP contribution in [-0.2, 0) is 6.54 Å². The van der Waals surface area contributed by atoms with E-state index in [1.54, 1.807) is 6.20 Å². The van der Waals surface area contributed by atoms with Gasteiger partial charge in [0.2, 0.25) is 0 Å². The molecule has 1 fully saturated rings. The number of hydrogen-bond acceptors (Lipinski definition) is 3. The van der Waals surface area contributed by atoms with Crippen molar-refractivity contribution in [3.8, 4) is 0 Å². The van der Waals surface area contributed by atoms with E-state index in [2.05, 4.69) is 54.0 Å². The third-order valence-electron chi connectivity index (χ3n) is 4.61. The van der Waals surface area contributed by atoms with E-state index in [1.807, 2.05) is 0 Å². The second-order valence-corrected chi connectivity index (χ2v) is 7.40. The van der Waals surface area contributed by atoms with Gasteiger partial charge in [0.1, 0.15) is 4.47 Å². The van der Waals surface area contributed by atoms with Gasteiger partial charge < -0.3 is 5.32 Å². The molecule has 0 amide bonds. The highest BCUT2D eigenvalue weighted by Crippen LogP contribution is 2.36. The predicted octanol–water partition coefficient (Wildman–Crippen LogP) is 3.90. The molecule has 118 valence electrons. The van der Waals surface area contributed by atoms with Crippen molar-refractivity contribution in [2.75, 3.05) is 5.32 Å². The molecule has 21 heavy (non-hydrogen) atoms. The van der Waals surface area contributed by atoms with Crippen molar-refractivity contribution in [3.63, 3.8) is 0 Å². The fourth-order valence-electron chi connectivity index (χ4n) is 3.27. The van der Waals surface area contributed by atoms with Gasteiger partial charge in [-0.25, -0.2) is 4.68 Å². The number of anilines is 1. The van der Waals surface area contributed by atoms with Crippen molar-refractivity contribution in [2.45, 2.75) is 59.5 Å². The standard InChI is InChI=1S/C16H26BrN3O/c1-5-12-6-7-13(11(12)4)19-14-8-18-20(9-10(2)3)16(21)15(14)17/h8,10-13,19H,5-7,9H2,1-4H3. The maximum absolute atomic E-state index is 12.3. The van der Waals surface area contributed by atoms with Crippen molar-refractivity contribution >= 4 is 21.6 Å². The van der Waals surface area contributed by atoms with Crippen LogP contribution in [0.5, 0.6) is 0 Å². The minimum Gasteiger partial charge on any atom is -0.380 e. The first-order valence-corrected chi connectivity index (χ1v) is 8.75. The summed E-state index contributed by atoms with van der Waals surface area (Å²) in [4.78, 5) is 12.3. The van der Waals surface area contributed by atoms with Gasteiger partial charge in [0.05, 0.1) is 11.9 Å². The molecule has 4 nitrogen and oxygen atoms in total. The Morgan fingerprint density at radius 3 is 2.76 bits per heavy atom. The third kappa shape index (κ3) is 3.68. The van der Waals surface area contributed by atoms with E-state index in [9.17, 15) is 4.79 Å². The van der Waals surface area contributed by atoms with E-state index in [0.29, 0.717) is 28.9 Å². The molecule has 0 spiro atoms. The molecule has 0 radical (unpaired) electrons. The quantitative estimate of drug-likeness (QED) is 0.871. The van der Waals surface area contributed by atoms with Crippen molar-refractivity contribution in [1.82, 2.24) is 9.78 Å². The molecule has 5 heteroatoms. The summed E-state index contributed by atoms with van der Waals surface area (Å²) in [6, 6.07) is 0.438. The molecule has 2 rings (SSSR count). The maximum Gasteiger partial charge on any atom is 0.283 e. The monoisotopic (exact) mass is 355 g/mol. The lowest BCUT2D eigenvalue weighted by atomic mass is 9.93. The fourth-order valence-corrected chi connectivity index (χ4v) is 3.69. The predicted molar refractivity (Wildman–Crippen MR) is 90.6 cm³/mol. The lowest BCUT2D eigenvalue weighted by molar-refractivity contribution is 0.391. The van der Waals surface area contributed by atoms with Gasteiger partial charge in [0, 0.05) is 12.6 Å². The maximum atomic E-state index is 12.3. The average Bonchev–Trinajstić information content (AvgIpc) is 2.79. The third-order valence-corrected chi connectivity index (χ3v) is 5.38. The van der Waals surface area contributed by atoms with Crippen molar-refractivity contribution < 1.29 is 0 Å². The molecule has 1 aliphatic carbocycles. The minimum absolute atomic E-state index is 0.0496.